The summed E-state index contributed by atoms with van der Waals surface area (Å²) in [7, 11) is 1.63. The number of nitrogens with one attached hydrogen (secondary N) is 2. The Morgan fingerprint density at radius 1 is 1.00 bits per heavy atom. The molecule has 0 aliphatic carbocycles. The van der Waals surface area contributed by atoms with Crippen molar-refractivity contribution >= 4 is 5.91 Å². The van der Waals surface area contributed by atoms with E-state index < -0.39 is 0 Å². The molecule has 0 atom stereocenters. The monoisotopic (exact) mass is 320 g/mol. The van der Waals surface area contributed by atoms with Crippen molar-refractivity contribution in [1.29, 1.82) is 0 Å². The third-order valence-corrected chi connectivity index (χ3v) is 3.93. The predicted octanol–water partition coefficient (Wildman–Crippen LogP) is 3.66. The van der Waals surface area contributed by atoms with Gasteiger partial charge in [0, 0.05) is 30.1 Å². The van der Waals surface area contributed by atoms with Gasteiger partial charge in [0.05, 0.1) is 12.7 Å². The highest BCUT2D eigenvalue weighted by atomic mass is 16.5. The molecule has 2 aromatic carbocycles. The van der Waals surface area contributed by atoms with E-state index >= 15 is 0 Å². The summed E-state index contributed by atoms with van der Waals surface area (Å²) >= 11 is 0. The standard InChI is InChI=1S/C20H20N2O2/c1-24-19-10-6-5-9-16(19)17-13-21-14-18(17)20(23)22-12-11-15-7-3-2-4-8-15/h2-10,13-14,21H,11-12H2,1H3,(H,22,23). The first kappa shape index (κ1) is 15.9. The second-order valence-corrected chi connectivity index (χ2v) is 5.47. The molecule has 0 bridgehead atoms. The van der Waals surface area contributed by atoms with Gasteiger partial charge < -0.3 is 15.0 Å². The molecule has 0 radical (unpaired) electrons. The van der Waals surface area contributed by atoms with Crippen LogP contribution in [0.1, 0.15) is 15.9 Å². The molecule has 1 aromatic heterocycles. The van der Waals surface area contributed by atoms with Crippen LogP contribution in [0.5, 0.6) is 5.75 Å². The quantitative estimate of drug-likeness (QED) is 0.728. The lowest BCUT2D eigenvalue weighted by Crippen LogP contribution is -2.25. The largest absolute Gasteiger partial charge is 0.496 e. The SMILES string of the molecule is COc1ccccc1-c1c[nH]cc1C(=O)NCCc1ccccc1. The molecule has 2 N–H and O–H groups in total. The van der Waals surface area contributed by atoms with Gasteiger partial charge >= 0.3 is 0 Å². The Kier molecular flexibility index (Phi) is 4.96. The summed E-state index contributed by atoms with van der Waals surface area (Å²) in [5, 5.41) is 2.98. The summed E-state index contributed by atoms with van der Waals surface area (Å²) in [6.07, 6.45) is 4.35. The molecule has 0 saturated heterocycles. The van der Waals surface area contributed by atoms with Gasteiger partial charge in [0.25, 0.3) is 5.91 Å². The minimum atomic E-state index is -0.0897. The number of hydrogen-bond acceptors (Lipinski definition) is 2. The lowest BCUT2D eigenvalue weighted by Gasteiger charge is -2.10. The minimum Gasteiger partial charge on any atom is -0.496 e. The fourth-order valence-electron chi connectivity index (χ4n) is 2.70. The fraction of sp³-hybridized carbons (Fsp3) is 0.150. The average Bonchev–Trinajstić information content (AvgIpc) is 3.12. The van der Waals surface area contributed by atoms with Crippen LogP contribution >= 0.6 is 0 Å². The fourth-order valence-corrected chi connectivity index (χ4v) is 2.70. The Morgan fingerprint density at radius 2 is 1.75 bits per heavy atom. The molecular weight excluding hydrogens is 300 g/mol. The van der Waals surface area contributed by atoms with Crippen LogP contribution in [0.25, 0.3) is 11.1 Å². The first-order chi connectivity index (χ1) is 11.8. The van der Waals surface area contributed by atoms with Crippen molar-refractivity contribution in [2.45, 2.75) is 6.42 Å². The second-order valence-electron chi connectivity index (χ2n) is 5.47. The number of ether oxygens (including phenoxy) is 1. The summed E-state index contributed by atoms with van der Waals surface area (Å²) < 4.78 is 5.40. The van der Waals surface area contributed by atoms with Crippen LogP contribution in [0, 0.1) is 0 Å². The van der Waals surface area contributed by atoms with Crippen LogP contribution in [0.4, 0.5) is 0 Å². The molecule has 24 heavy (non-hydrogen) atoms. The zero-order valence-electron chi connectivity index (χ0n) is 13.6. The number of hydrogen-bond donors (Lipinski definition) is 2. The highest BCUT2D eigenvalue weighted by Crippen LogP contribution is 2.31. The van der Waals surface area contributed by atoms with Crippen molar-refractivity contribution in [3.05, 3.63) is 78.1 Å². The van der Waals surface area contributed by atoms with Crippen molar-refractivity contribution in [2.24, 2.45) is 0 Å². The first-order valence-corrected chi connectivity index (χ1v) is 7.92. The third kappa shape index (κ3) is 3.49. The topological polar surface area (TPSA) is 54.1 Å². The summed E-state index contributed by atoms with van der Waals surface area (Å²) in [6, 6.07) is 17.8. The number of aromatic nitrogens is 1. The van der Waals surface area contributed by atoms with Crippen molar-refractivity contribution < 1.29 is 9.53 Å². The van der Waals surface area contributed by atoms with Crippen LogP contribution in [-0.4, -0.2) is 24.5 Å². The van der Waals surface area contributed by atoms with E-state index in [2.05, 4.69) is 22.4 Å². The molecule has 0 aliphatic heterocycles. The van der Waals surface area contributed by atoms with Gasteiger partial charge in [-0.3, -0.25) is 4.79 Å². The number of rotatable bonds is 6. The molecule has 0 aliphatic rings. The number of benzene rings is 2. The van der Waals surface area contributed by atoms with Crippen molar-refractivity contribution in [3.63, 3.8) is 0 Å². The van der Waals surface area contributed by atoms with Gasteiger partial charge in [-0.05, 0) is 18.1 Å². The van der Waals surface area contributed by atoms with Crippen molar-refractivity contribution in [1.82, 2.24) is 10.3 Å². The molecule has 4 heteroatoms. The van der Waals surface area contributed by atoms with E-state index in [0.29, 0.717) is 12.1 Å². The maximum Gasteiger partial charge on any atom is 0.253 e. The maximum atomic E-state index is 12.5. The number of amides is 1. The van der Waals surface area contributed by atoms with Crippen LogP contribution in [0.3, 0.4) is 0 Å². The number of aromatic amines is 1. The van der Waals surface area contributed by atoms with Gasteiger partial charge in [0.2, 0.25) is 0 Å². The molecule has 0 spiro atoms. The van der Waals surface area contributed by atoms with E-state index in [0.717, 1.165) is 23.3 Å². The summed E-state index contributed by atoms with van der Waals surface area (Å²) in [5.41, 5.74) is 3.56. The lowest BCUT2D eigenvalue weighted by molar-refractivity contribution is 0.0955. The van der Waals surface area contributed by atoms with E-state index in [1.807, 2.05) is 48.7 Å². The zero-order valence-corrected chi connectivity index (χ0v) is 13.6. The molecule has 0 unspecified atom stereocenters. The molecule has 122 valence electrons. The van der Waals surface area contributed by atoms with Gasteiger partial charge in [-0.25, -0.2) is 0 Å². The summed E-state index contributed by atoms with van der Waals surface area (Å²) in [4.78, 5) is 15.5. The van der Waals surface area contributed by atoms with Gasteiger partial charge in [0.15, 0.2) is 0 Å². The van der Waals surface area contributed by atoms with E-state index in [9.17, 15) is 4.79 Å². The highest BCUT2D eigenvalue weighted by molar-refractivity contribution is 6.01. The molecule has 3 rings (SSSR count). The highest BCUT2D eigenvalue weighted by Gasteiger charge is 2.16. The van der Waals surface area contributed by atoms with Crippen LogP contribution < -0.4 is 10.1 Å². The Balaban J connectivity index is 1.71. The number of carbonyl (C=O) groups excluding carboxylic acids is 1. The number of para-hydroxylation sites is 1. The summed E-state index contributed by atoms with van der Waals surface area (Å²) in [5.74, 6) is 0.656. The second kappa shape index (κ2) is 7.51. The molecule has 1 heterocycles. The van der Waals surface area contributed by atoms with Crippen LogP contribution in [-0.2, 0) is 6.42 Å². The normalized spacial score (nSPS) is 10.4. The van der Waals surface area contributed by atoms with E-state index in [1.165, 1.54) is 5.56 Å². The predicted molar refractivity (Wildman–Crippen MR) is 95.3 cm³/mol. The van der Waals surface area contributed by atoms with Gasteiger partial charge in [-0.2, -0.15) is 0 Å². The zero-order chi connectivity index (χ0) is 16.8. The molecule has 1 amide bonds. The minimum absolute atomic E-state index is 0.0897. The van der Waals surface area contributed by atoms with Gasteiger partial charge in [0.1, 0.15) is 5.75 Å². The average molecular weight is 320 g/mol. The Bertz CT molecular complexity index is 809. The number of H-pyrrole nitrogens is 1. The number of carbonyl (C=O) groups is 1. The molecule has 0 saturated carbocycles. The van der Waals surface area contributed by atoms with Gasteiger partial charge in [-0.1, -0.05) is 48.5 Å². The Hall–Kier alpha value is -3.01. The van der Waals surface area contributed by atoms with E-state index in [4.69, 9.17) is 4.74 Å². The number of methoxy groups -OCH3 is 1. The Labute approximate surface area is 141 Å². The van der Waals surface area contributed by atoms with E-state index in [1.54, 1.807) is 13.3 Å². The van der Waals surface area contributed by atoms with Crippen molar-refractivity contribution in [2.75, 3.05) is 13.7 Å². The first-order valence-electron chi connectivity index (χ1n) is 7.92. The molecule has 4 nitrogen and oxygen atoms in total. The lowest BCUT2D eigenvalue weighted by atomic mass is 10.0. The third-order valence-electron chi connectivity index (χ3n) is 3.93. The summed E-state index contributed by atoms with van der Waals surface area (Å²) in [6.45, 7) is 0.597. The smallest absolute Gasteiger partial charge is 0.253 e. The molecule has 3 aromatic rings. The molecular formula is C20H20N2O2. The van der Waals surface area contributed by atoms with Crippen LogP contribution in [0.2, 0.25) is 0 Å². The van der Waals surface area contributed by atoms with Crippen molar-refractivity contribution in [3.8, 4) is 16.9 Å². The molecule has 0 fully saturated rings. The maximum absolute atomic E-state index is 12.5. The van der Waals surface area contributed by atoms with E-state index in [-0.39, 0.29) is 5.91 Å². The van der Waals surface area contributed by atoms with Gasteiger partial charge in [-0.15, -0.1) is 0 Å². The van der Waals surface area contributed by atoms with Crippen LogP contribution in [0.15, 0.2) is 67.0 Å². The Morgan fingerprint density at radius 3 is 2.54 bits per heavy atom.